The van der Waals surface area contributed by atoms with E-state index in [0.717, 1.165) is 30.9 Å². The first-order chi connectivity index (χ1) is 9.31. The predicted octanol–water partition coefficient (Wildman–Crippen LogP) is 4.23. The van der Waals surface area contributed by atoms with Crippen molar-refractivity contribution in [1.29, 1.82) is 0 Å². The molecule has 0 radical (unpaired) electrons. The molecule has 106 valence electrons. The summed E-state index contributed by atoms with van der Waals surface area (Å²) >= 11 is 0. The molecule has 1 aliphatic carbocycles. The molecular weight excluding hydrogens is 239 g/mol. The monoisotopic (exact) mass is 264 g/mol. The minimum atomic E-state index is -0.174. The number of aromatic nitrogens is 1. The number of halogens is 1. The molecule has 0 spiro atoms. The van der Waals surface area contributed by atoms with Gasteiger partial charge in [-0.3, -0.25) is 4.98 Å². The number of nitrogens with one attached hydrogen (secondary N) is 1. The van der Waals surface area contributed by atoms with E-state index < -0.39 is 0 Å². The van der Waals surface area contributed by atoms with E-state index >= 15 is 0 Å². The molecule has 0 bridgehead atoms. The van der Waals surface area contributed by atoms with Crippen LogP contribution in [0.4, 0.5) is 4.39 Å². The van der Waals surface area contributed by atoms with Gasteiger partial charge in [-0.05, 0) is 31.4 Å². The standard InChI is InChI=1S/C16H25FN2/c1-2-9-19-16(11-13-6-4-3-5-7-13)14-8-10-18-12-15(14)17/h8,10,12-13,16,19H,2-7,9,11H2,1H3. The van der Waals surface area contributed by atoms with Crippen molar-refractivity contribution in [2.45, 2.75) is 57.9 Å². The van der Waals surface area contributed by atoms with Crippen LogP contribution in [0.15, 0.2) is 18.5 Å². The summed E-state index contributed by atoms with van der Waals surface area (Å²) in [4.78, 5) is 3.85. The fourth-order valence-corrected chi connectivity index (χ4v) is 3.06. The first-order valence-electron chi connectivity index (χ1n) is 7.64. The Morgan fingerprint density at radius 3 is 2.84 bits per heavy atom. The Bertz CT molecular complexity index is 375. The summed E-state index contributed by atoms with van der Waals surface area (Å²) in [5.41, 5.74) is 0.786. The van der Waals surface area contributed by atoms with Gasteiger partial charge in [-0.25, -0.2) is 4.39 Å². The van der Waals surface area contributed by atoms with Crippen LogP contribution in [0.2, 0.25) is 0 Å². The predicted molar refractivity (Wildman–Crippen MR) is 76.4 cm³/mol. The van der Waals surface area contributed by atoms with Crippen LogP contribution in [0.25, 0.3) is 0 Å². The molecule has 1 saturated carbocycles. The summed E-state index contributed by atoms with van der Waals surface area (Å²) in [6.07, 6.45) is 11.8. The molecule has 1 N–H and O–H groups in total. The van der Waals surface area contributed by atoms with E-state index in [1.54, 1.807) is 6.20 Å². The minimum absolute atomic E-state index is 0.144. The van der Waals surface area contributed by atoms with Crippen LogP contribution < -0.4 is 5.32 Å². The van der Waals surface area contributed by atoms with Gasteiger partial charge in [-0.2, -0.15) is 0 Å². The highest BCUT2D eigenvalue weighted by molar-refractivity contribution is 5.17. The van der Waals surface area contributed by atoms with Crippen molar-refractivity contribution in [3.8, 4) is 0 Å². The van der Waals surface area contributed by atoms with Crippen molar-refractivity contribution in [3.05, 3.63) is 29.8 Å². The Morgan fingerprint density at radius 1 is 1.37 bits per heavy atom. The van der Waals surface area contributed by atoms with Gasteiger partial charge in [-0.1, -0.05) is 39.0 Å². The highest BCUT2D eigenvalue weighted by Gasteiger charge is 2.21. The lowest BCUT2D eigenvalue weighted by molar-refractivity contribution is 0.297. The van der Waals surface area contributed by atoms with Gasteiger partial charge in [0, 0.05) is 17.8 Å². The van der Waals surface area contributed by atoms with Gasteiger partial charge in [0.15, 0.2) is 0 Å². The summed E-state index contributed by atoms with van der Waals surface area (Å²) in [5, 5.41) is 3.51. The number of pyridine rings is 1. The lowest BCUT2D eigenvalue weighted by Crippen LogP contribution is -2.26. The fraction of sp³-hybridized carbons (Fsp3) is 0.688. The zero-order chi connectivity index (χ0) is 13.5. The lowest BCUT2D eigenvalue weighted by atomic mass is 9.83. The molecule has 1 aromatic rings. The molecule has 1 aromatic heterocycles. The SMILES string of the molecule is CCCNC(CC1CCCCC1)c1ccncc1F. The summed E-state index contributed by atoms with van der Waals surface area (Å²) < 4.78 is 13.9. The first kappa shape index (κ1) is 14.4. The average molecular weight is 264 g/mol. The van der Waals surface area contributed by atoms with Gasteiger partial charge in [0.1, 0.15) is 5.82 Å². The minimum Gasteiger partial charge on any atom is -0.310 e. The third-order valence-corrected chi connectivity index (χ3v) is 4.11. The summed E-state index contributed by atoms with van der Waals surface area (Å²) in [7, 11) is 0. The Balaban J connectivity index is 2.04. The smallest absolute Gasteiger partial charge is 0.146 e. The van der Waals surface area contributed by atoms with Crippen molar-refractivity contribution < 1.29 is 4.39 Å². The van der Waals surface area contributed by atoms with Crippen molar-refractivity contribution >= 4 is 0 Å². The molecular formula is C16H25FN2. The molecule has 3 heteroatoms. The Morgan fingerprint density at radius 2 is 2.16 bits per heavy atom. The number of hydrogen-bond acceptors (Lipinski definition) is 2. The first-order valence-corrected chi connectivity index (χ1v) is 7.64. The van der Waals surface area contributed by atoms with E-state index in [0.29, 0.717) is 0 Å². The van der Waals surface area contributed by atoms with Crippen LogP contribution in [0.5, 0.6) is 0 Å². The van der Waals surface area contributed by atoms with E-state index in [1.807, 2.05) is 6.07 Å². The zero-order valence-electron chi connectivity index (χ0n) is 11.9. The van der Waals surface area contributed by atoms with Crippen LogP contribution in [0.3, 0.4) is 0 Å². The molecule has 0 saturated heterocycles. The normalized spacial score (nSPS) is 18.4. The van der Waals surface area contributed by atoms with Crippen LogP contribution in [0.1, 0.15) is 63.5 Å². The molecule has 19 heavy (non-hydrogen) atoms. The lowest BCUT2D eigenvalue weighted by Gasteiger charge is -2.27. The molecule has 2 nitrogen and oxygen atoms in total. The third kappa shape index (κ3) is 4.27. The molecule has 1 fully saturated rings. The topological polar surface area (TPSA) is 24.9 Å². The van der Waals surface area contributed by atoms with Crippen molar-refractivity contribution in [1.82, 2.24) is 10.3 Å². The van der Waals surface area contributed by atoms with Gasteiger partial charge < -0.3 is 5.32 Å². The largest absolute Gasteiger partial charge is 0.310 e. The van der Waals surface area contributed by atoms with Crippen LogP contribution in [-0.4, -0.2) is 11.5 Å². The molecule has 0 amide bonds. The number of nitrogens with zero attached hydrogens (tertiary/aromatic N) is 1. The Hall–Kier alpha value is -0.960. The van der Waals surface area contributed by atoms with E-state index in [9.17, 15) is 4.39 Å². The molecule has 2 rings (SSSR count). The van der Waals surface area contributed by atoms with E-state index in [1.165, 1.54) is 38.3 Å². The quantitative estimate of drug-likeness (QED) is 0.831. The maximum absolute atomic E-state index is 13.9. The van der Waals surface area contributed by atoms with Crippen LogP contribution >= 0.6 is 0 Å². The maximum Gasteiger partial charge on any atom is 0.146 e. The average Bonchev–Trinajstić information content (AvgIpc) is 2.45. The highest BCUT2D eigenvalue weighted by Crippen LogP contribution is 2.32. The maximum atomic E-state index is 13.9. The molecule has 0 aromatic carbocycles. The van der Waals surface area contributed by atoms with E-state index in [2.05, 4.69) is 17.2 Å². The van der Waals surface area contributed by atoms with Crippen molar-refractivity contribution in [3.63, 3.8) is 0 Å². The summed E-state index contributed by atoms with van der Waals surface area (Å²) in [6.45, 7) is 3.09. The summed E-state index contributed by atoms with van der Waals surface area (Å²) in [6, 6.07) is 1.97. The summed E-state index contributed by atoms with van der Waals surface area (Å²) in [5.74, 6) is 0.572. The van der Waals surface area contributed by atoms with Crippen LogP contribution in [-0.2, 0) is 0 Å². The zero-order valence-corrected chi connectivity index (χ0v) is 11.9. The van der Waals surface area contributed by atoms with Gasteiger partial charge in [0.25, 0.3) is 0 Å². The second-order valence-electron chi connectivity index (χ2n) is 5.64. The molecule has 0 aliphatic heterocycles. The van der Waals surface area contributed by atoms with Crippen molar-refractivity contribution in [2.24, 2.45) is 5.92 Å². The van der Waals surface area contributed by atoms with Crippen molar-refractivity contribution in [2.75, 3.05) is 6.54 Å². The fourth-order valence-electron chi connectivity index (χ4n) is 3.06. The number of hydrogen-bond donors (Lipinski definition) is 1. The second-order valence-corrected chi connectivity index (χ2v) is 5.64. The molecule has 1 unspecified atom stereocenters. The van der Waals surface area contributed by atoms with Gasteiger partial charge in [0.2, 0.25) is 0 Å². The van der Waals surface area contributed by atoms with Crippen LogP contribution in [0, 0.1) is 11.7 Å². The Labute approximate surface area is 115 Å². The molecule has 1 aliphatic rings. The van der Waals surface area contributed by atoms with Gasteiger partial charge >= 0.3 is 0 Å². The Kier molecular flexibility index (Phi) is 5.77. The van der Waals surface area contributed by atoms with Gasteiger partial charge in [0.05, 0.1) is 6.20 Å². The van der Waals surface area contributed by atoms with E-state index in [4.69, 9.17) is 0 Å². The van der Waals surface area contributed by atoms with Gasteiger partial charge in [-0.15, -0.1) is 0 Å². The molecule has 1 heterocycles. The van der Waals surface area contributed by atoms with E-state index in [-0.39, 0.29) is 11.9 Å². The number of rotatable bonds is 6. The highest BCUT2D eigenvalue weighted by atomic mass is 19.1. The second kappa shape index (κ2) is 7.59. The third-order valence-electron chi connectivity index (χ3n) is 4.11. The molecule has 1 atom stereocenters.